The zero-order valence-electron chi connectivity index (χ0n) is 26.0. The summed E-state index contributed by atoms with van der Waals surface area (Å²) in [6.07, 6.45) is 9.86. The summed E-state index contributed by atoms with van der Waals surface area (Å²) in [6.45, 7) is 8.91. The molecule has 0 spiro atoms. The van der Waals surface area contributed by atoms with Gasteiger partial charge in [0.1, 0.15) is 11.7 Å². The fraction of sp³-hybridized carbons (Fsp3) is 0.765. The molecule has 8 atom stereocenters. The zero-order valence-corrected chi connectivity index (χ0v) is 26.0. The van der Waals surface area contributed by atoms with Crippen molar-refractivity contribution < 1.29 is 38.1 Å². The van der Waals surface area contributed by atoms with Gasteiger partial charge in [0.05, 0.1) is 0 Å². The van der Waals surface area contributed by atoms with E-state index in [0.29, 0.717) is 37.7 Å². The second-order valence-corrected chi connectivity index (χ2v) is 13.6. The fourth-order valence-electron chi connectivity index (χ4n) is 8.82. The first-order chi connectivity index (χ1) is 19.8. The standard InChI is InChI=1S/C34H49FO7/c1-6-8-10-12-29(38)41-21-27(37)34(40)22(3)18-26-25-15-14-23-19-24(36)16-17-31(23,4)33(25,35)28(20-32(26,34)5)42-30(39)13-11-9-7-2/h16-17,19,22,25-26,28,40H,6-15,18,20-21H2,1-5H3/t22-,25+,26-,28-,31+,32+,33+,34+/m1/s1. The SMILES string of the molecule is CCCCCC(=O)OCC(=O)[C@@]1(O)[C@H](C)C[C@@H]2[C@@H]3CCC4=CC(=O)C=C[C@]4(C)[C@@]3(F)[C@H](OC(=O)CCCCC)C[C@@]21C. The van der Waals surface area contributed by atoms with E-state index in [1.165, 1.54) is 12.2 Å². The van der Waals surface area contributed by atoms with Crippen LogP contribution in [0.5, 0.6) is 0 Å². The van der Waals surface area contributed by atoms with Crippen molar-refractivity contribution in [1.82, 2.24) is 0 Å². The molecule has 8 heteroatoms. The summed E-state index contributed by atoms with van der Waals surface area (Å²) >= 11 is 0. The van der Waals surface area contributed by atoms with Crippen molar-refractivity contribution in [1.29, 1.82) is 0 Å². The van der Waals surface area contributed by atoms with Crippen LogP contribution in [0.15, 0.2) is 23.8 Å². The summed E-state index contributed by atoms with van der Waals surface area (Å²) in [5.74, 6) is -3.27. The summed E-state index contributed by atoms with van der Waals surface area (Å²) in [5.41, 5.74) is -5.50. The maximum absolute atomic E-state index is 18.2. The molecule has 42 heavy (non-hydrogen) atoms. The number of hydrogen-bond acceptors (Lipinski definition) is 7. The molecule has 4 aliphatic rings. The van der Waals surface area contributed by atoms with Gasteiger partial charge in [-0.3, -0.25) is 19.2 Å². The number of carbonyl (C=O) groups excluding carboxylic acids is 4. The minimum Gasteiger partial charge on any atom is -0.459 e. The number of Topliss-reactive ketones (excluding diaryl/α,β-unsaturated/α-hetero) is 1. The topological polar surface area (TPSA) is 107 Å². The smallest absolute Gasteiger partial charge is 0.306 e. The zero-order chi connectivity index (χ0) is 30.9. The number of esters is 2. The number of ether oxygens (including phenoxy) is 2. The molecule has 0 amide bonds. The lowest BCUT2D eigenvalue weighted by Gasteiger charge is -2.63. The molecule has 0 unspecified atom stereocenters. The van der Waals surface area contributed by atoms with Crippen LogP contribution in [0.25, 0.3) is 0 Å². The van der Waals surface area contributed by atoms with Gasteiger partial charge in [-0.2, -0.15) is 0 Å². The van der Waals surface area contributed by atoms with Crippen LogP contribution < -0.4 is 0 Å². The van der Waals surface area contributed by atoms with E-state index in [1.54, 1.807) is 19.9 Å². The van der Waals surface area contributed by atoms with Crippen LogP contribution in [0.3, 0.4) is 0 Å². The number of rotatable bonds is 12. The summed E-state index contributed by atoms with van der Waals surface area (Å²) < 4.78 is 29.5. The Morgan fingerprint density at radius 1 is 1.02 bits per heavy atom. The van der Waals surface area contributed by atoms with Gasteiger partial charge in [-0.05, 0) is 69.4 Å². The highest BCUT2D eigenvalue weighted by molar-refractivity contribution is 6.01. The molecule has 0 aliphatic heterocycles. The van der Waals surface area contributed by atoms with E-state index in [0.717, 1.165) is 25.7 Å². The second-order valence-electron chi connectivity index (χ2n) is 13.6. The molecule has 0 aromatic heterocycles. The Labute approximate surface area is 249 Å². The number of carbonyl (C=O) groups is 4. The van der Waals surface area contributed by atoms with E-state index in [-0.39, 0.29) is 31.0 Å². The van der Waals surface area contributed by atoms with Crippen molar-refractivity contribution in [2.45, 2.75) is 129 Å². The monoisotopic (exact) mass is 588 g/mol. The highest BCUT2D eigenvalue weighted by atomic mass is 19.1. The van der Waals surface area contributed by atoms with E-state index in [1.807, 2.05) is 20.8 Å². The number of unbranched alkanes of at least 4 members (excludes halogenated alkanes) is 4. The van der Waals surface area contributed by atoms with Gasteiger partial charge in [-0.25, -0.2) is 4.39 Å². The van der Waals surface area contributed by atoms with Crippen LogP contribution in [-0.2, 0) is 28.7 Å². The number of fused-ring (bicyclic) bond motifs is 5. The molecule has 7 nitrogen and oxygen atoms in total. The molecule has 4 rings (SSSR count). The van der Waals surface area contributed by atoms with Crippen LogP contribution in [0.2, 0.25) is 0 Å². The van der Waals surface area contributed by atoms with E-state index in [4.69, 9.17) is 9.47 Å². The molecular formula is C34H49FO7. The van der Waals surface area contributed by atoms with Gasteiger partial charge in [-0.15, -0.1) is 0 Å². The molecule has 0 aromatic rings. The normalized spacial score (nSPS) is 38.6. The molecule has 4 aliphatic carbocycles. The van der Waals surface area contributed by atoms with Gasteiger partial charge in [0, 0.05) is 29.6 Å². The number of halogens is 1. The summed E-state index contributed by atoms with van der Waals surface area (Å²) in [6, 6.07) is 0. The van der Waals surface area contributed by atoms with Crippen LogP contribution in [-0.4, -0.2) is 52.6 Å². The second kappa shape index (κ2) is 12.3. The van der Waals surface area contributed by atoms with Crippen molar-refractivity contribution >= 4 is 23.5 Å². The molecular weight excluding hydrogens is 539 g/mol. The minimum absolute atomic E-state index is 0.0497. The van der Waals surface area contributed by atoms with Crippen LogP contribution in [0.1, 0.15) is 112 Å². The Morgan fingerprint density at radius 2 is 1.67 bits per heavy atom. The third kappa shape index (κ3) is 5.20. The lowest BCUT2D eigenvalue weighted by Crippen LogP contribution is -2.70. The van der Waals surface area contributed by atoms with Crippen LogP contribution >= 0.6 is 0 Å². The average molecular weight is 589 g/mol. The molecule has 0 heterocycles. The minimum atomic E-state index is -2.03. The van der Waals surface area contributed by atoms with Crippen LogP contribution in [0.4, 0.5) is 4.39 Å². The maximum Gasteiger partial charge on any atom is 0.306 e. The Morgan fingerprint density at radius 3 is 2.31 bits per heavy atom. The summed E-state index contributed by atoms with van der Waals surface area (Å²) in [4.78, 5) is 51.4. The highest BCUT2D eigenvalue weighted by Crippen LogP contribution is 2.71. The van der Waals surface area contributed by atoms with Crippen molar-refractivity contribution in [2.24, 2.45) is 28.6 Å². The Balaban J connectivity index is 1.68. The van der Waals surface area contributed by atoms with E-state index in [2.05, 4.69) is 0 Å². The van der Waals surface area contributed by atoms with Gasteiger partial charge in [0.25, 0.3) is 0 Å². The molecule has 0 aromatic carbocycles. The molecule has 0 saturated heterocycles. The van der Waals surface area contributed by atoms with E-state index >= 15 is 4.39 Å². The molecule has 1 N–H and O–H groups in total. The summed E-state index contributed by atoms with van der Waals surface area (Å²) in [7, 11) is 0. The highest BCUT2D eigenvalue weighted by Gasteiger charge is 2.76. The van der Waals surface area contributed by atoms with E-state index < -0.39 is 64.4 Å². The number of hydrogen-bond donors (Lipinski definition) is 1. The largest absolute Gasteiger partial charge is 0.459 e. The maximum atomic E-state index is 18.2. The van der Waals surface area contributed by atoms with Crippen LogP contribution in [0, 0.1) is 28.6 Å². The van der Waals surface area contributed by atoms with Crippen molar-refractivity contribution in [3.05, 3.63) is 23.8 Å². The molecule has 234 valence electrons. The first kappa shape index (κ1) is 32.6. The average Bonchev–Trinajstić information content (AvgIpc) is 3.14. The van der Waals surface area contributed by atoms with Gasteiger partial charge in [0.15, 0.2) is 18.1 Å². The number of ketones is 2. The summed E-state index contributed by atoms with van der Waals surface area (Å²) in [5, 5.41) is 12.3. The van der Waals surface area contributed by atoms with Gasteiger partial charge >= 0.3 is 11.9 Å². The molecule has 3 saturated carbocycles. The van der Waals surface area contributed by atoms with Gasteiger partial charge in [0.2, 0.25) is 5.78 Å². The van der Waals surface area contributed by atoms with Crippen molar-refractivity contribution in [3.63, 3.8) is 0 Å². The van der Waals surface area contributed by atoms with Crippen molar-refractivity contribution in [3.8, 4) is 0 Å². The lowest BCUT2D eigenvalue weighted by atomic mass is 9.44. The Kier molecular flexibility index (Phi) is 9.56. The molecule has 0 radical (unpaired) electrons. The Hall–Kier alpha value is -2.35. The van der Waals surface area contributed by atoms with Crippen molar-refractivity contribution in [2.75, 3.05) is 6.61 Å². The quantitative estimate of drug-likeness (QED) is 0.215. The number of alkyl halides is 1. The third-order valence-corrected chi connectivity index (χ3v) is 11.2. The lowest BCUT2D eigenvalue weighted by molar-refractivity contribution is -0.230. The van der Waals surface area contributed by atoms with Gasteiger partial charge < -0.3 is 14.6 Å². The van der Waals surface area contributed by atoms with Gasteiger partial charge in [-0.1, -0.05) is 65.0 Å². The molecule has 0 bridgehead atoms. The van der Waals surface area contributed by atoms with E-state index in [9.17, 15) is 24.3 Å². The third-order valence-electron chi connectivity index (χ3n) is 11.2. The Bertz CT molecular complexity index is 1140. The number of allylic oxidation sites excluding steroid dienone is 4. The first-order valence-electron chi connectivity index (χ1n) is 16.0. The number of aliphatic hydroxyl groups is 1. The predicted molar refractivity (Wildman–Crippen MR) is 156 cm³/mol. The fourth-order valence-corrected chi connectivity index (χ4v) is 8.82. The first-order valence-corrected chi connectivity index (χ1v) is 16.0. The predicted octanol–water partition coefficient (Wildman–Crippen LogP) is 6.16. The molecule has 3 fully saturated rings.